The zero-order valence-electron chi connectivity index (χ0n) is 30.6. The smallest absolute Gasteiger partial charge is 0.380 e. The van der Waals surface area contributed by atoms with Gasteiger partial charge in [-0.3, -0.25) is 0 Å². The van der Waals surface area contributed by atoms with Crippen LogP contribution in [0.25, 0.3) is 36.7 Å². The third-order valence-corrected chi connectivity index (χ3v) is 10.7. The van der Waals surface area contributed by atoms with Crippen molar-refractivity contribution in [2.24, 2.45) is 11.5 Å². The second-order valence-electron chi connectivity index (χ2n) is 13.2. The van der Waals surface area contributed by atoms with Gasteiger partial charge in [-0.2, -0.15) is 26.3 Å². The van der Waals surface area contributed by atoms with E-state index < -0.39 is 29.3 Å². The van der Waals surface area contributed by atoms with Gasteiger partial charge in [0.2, 0.25) is 5.69 Å². The van der Waals surface area contributed by atoms with Crippen molar-refractivity contribution in [3.8, 4) is 20.9 Å². The molecule has 3 heterocycles. The number of nitrogens with two attached hydrogens (primary N) is 3. The zero-order chi connectivity index (χ0) is 42.3. The fourth-order valence-electron chi connectivity index (χ4n) is 5.69. The van der Waals surface area contributed by atoms with E-state index in [9.17, 15) is 30.7 Å². The molecule has 0 spiro atoms. The fraction of sp³-hybridized carbons (Fsp3) is 0.238. The molecule has 19 heteroatoms. The van der Waals surface area contributed by atoms with Crippen LogP contribution in [0.5, 0.6) is 0 Å². The second-order valence-corrected chi connectivity index (χ2v) is 15.3. The van der Waals surface area contributed by atoms with E-state index in [0.717, 1.165) is 50.5 Å². The maximum absolute atomic E-state index is 13.5. The number of alkyl halides is 6. The highest BCUT2D eigenvalue weighted by Gasteiger charge is 2.31. The molecule has 2 atom stereocenters. The van der Waals surface area contributed by atoms with E-state index in [2.05, 4.69) is 30.6 Å². The topological polar surface area (TPSA) is 158 Å². The number of thiazole rings is 2. The van der Waals surface area contributed by atoms with E-state index >= 15 is 0 Å². The molecule has 7 rings (SSSR count). The van der Waals surface area contributed by atoms with Gasteiger partial charge in [0.1, 0.15) is 5.82 Å². The summed E-state index contributed by atoms with van der Waals surface area (Å²) in [6, 6.07) is 19.3. The van der Waals surface area contributed by atoms with Gasteiger partial charge >= 0.3 is 12.4 Å². The second kappa shape index (κ2) is 20.5. The first kappa shape index (κ1) is 47.6. The number of anilines is 3. The standard InChI is InChI=1S/C20H16F4N4S.C20H18F3N5OS.2CH4/c1-26-17-9-13(4-7-16(17)21)18-11-28-19(29-18)27-10-15(25)8-12-2-5-14(6-3-12)20(22,23)24;21-20(22,23)13-4-1-11(2-5-13)7-14(24)9-26-19-27-10-17(30-19)12-3-6-16-15(8-12)18(25)28-29-16;;/h2-7,9,11,15H,8,10,25H2,(H,27,28);1-6,8,10,14H,7,9,24H2,(H2,25,28)(H,26,27);2*1H4/t15-;14-;;/m00../s1. The van der Waals surface area contributed by atoms with Gasteiger partial charge in [-0.25, -0.2) is 19.2 Å². The number of hydrogen-bond acceptors (Lipinski definition) is 11. The summed E-state index contributed by atoms with van der Waals surface area (Å²) in [4.78, 5) is 13.5. The minimum atomic E-state index is -4.36. The Kier molecular flexibility index (Phi) is 16.0. The number of fused-ring (bicyclic) bond motifs is 1. The predicted octanol–water partition coefficient (Wildman–Crippen LogP) is 11.3. The minimum Gasteiger partial charge on any atom is -0.380 e. The van der Waals surface area contributed by atoms with Crippen LogP contribution in [0.4, 0.5) is 52.5 Å². The Labute approximate surface area is 355 Å². The lowest BCUT2D eigenvalue weighted by Crippen LogP contribution is -2.31. The summed E-state index contributed by atoms with van der Waals surface area (Å²) in [5.74, 6) is -0.232. The van der Waals surface area contributed by atoms with Crippen molar-refractivity contribution in [1.29, 1.82) is 0 Å². The molecule has 0 aliphatic heterocycles. The molecule has 3 aromatic heterocycles. The van der Waals surface area contributed by atoms with Crippen molar-refractivity contribution in [2.75, 3.05) is 29.5 Å². The molecule has 7 aromatic rings. The lowest BCUT2D eigenvalue weighted by Gasteiger charge is -2.13. The number of aromatic nitrogens is 3. The van der Waals surface area contributed by atoms with E-state index in [1.54, 1.807) is 24.5 Å². The molecule has 0 radical (unpaired) electrons. The SMILES string of the molecule is C.C.Nc1noc2ccc(-c3cnc(NC[C@@H](N)Cc4ccc(C(F)(F)F)cc4)s3)cc12.[C-]#[N+]c1cc(-c2cnc(NC[C@@H](N)Cc3ccc(C(F)(F)F)cc3)s2)ccc1F. The maximum Gasteiger partial charge on any atom is 0.416 e. The highest BCUT2D eigenvalue weighted by Crippen LogP contribution is 2.35. The van der Waals surface area contributed by atoms with Gasteiger partial charge in [0.15, 0.2) is 21.7 Å². The number of nitrogens with one attached hydrogen (secondary N) is 2. The van der Waals surface area contributed by atoms with Crippen LogP contribution in [0, 0.1) is 12.4 Å². The molecule has 8 N–H and O–H groups in total. The summed E-state index contributed by atoms with van der Waals surface area (Å²) in [6.07, 6.45) is -4.46. The molecule has 0 unspecified atom stereocenters. The molecule has 0 aliphatic rings. The molecule has 61 heavy (non-hydrogen) atoms. The van der Waals surface area contributed by atoms with Crippen molar-refractivity contribution < 1.29 is 35.3 Å². The van der Waals surface area contributed by atoms with Crippen molar-refractivity contribution in [1.82, 2.24) is 15.1 Å². The van der Waals surface area contributed by atoms with E-state index in [-0.39, 0.29) is 32.6 Å². The summed E-state index contributed by atoms with van der Waals surface area (Å²) in [5, 5.41) is 12.1. The van der Waals surface area contributed by atoms with Gasteiger partial charge in [0.25, 0.3) is 0 Å². The Hall–Kier alpha value is -6.07. The van der Waals surface area contributed by atoms with Crippen molar-refractivity contribution >= 4 is 55.4 Å². The highest BCUT2D eigenvalue weighted by molar-refractivity contribution is 7.19. The maximum atomic E-state index is 13.5. The van der Waals surface area contributed by atoms with Crippen LogP contribution in [0.2, 0.25) is 0 Å². The first-order chi connectivity index (χ1) is 28.0. The van der Waals surface area contributed by atoms with Gasteiger partial charge < -0.3 is 32.4 Å². The third kappa shape index (κ3) is 12.7. The molecular formula is C42H42F7N9OS2. The Balaban J connectivity index is 0.000000260. The van der Waals surface area contributed by atoms with Crippen LogP contribution in [0.15, 0.2) is 102 Å². The first-order valence-corrected chi connectivity index (χ1v) is 19.2. The molecular weight excluding hydrogens is 844 g/mol. The van der Waals surface area contributed by atoms with Gasteiger partial charge in [-0.1, -0.05) is 73.0 Å². The van der Waals surface area contributed by atoms with Gasteiger partial charge in [-0.05, 0) is 89.7 Å². The van der Waals surface area contributed by atoms with Crippen LogP contribution in [-0.2, 0) is 25.2 Å². The van der Waals surface area contributed by atoms with Crippen LogP contribution in [0.1, 0.15) is 37.1 Å². The summed E-state index contributed by atoms with van der Waals surface area (Å²) < 4.78 is 94.3. The highest BCUT2D eigenvalue weighted by atomic mass is 32.1. The fourth-order valence-corrected chi connectivity index (χ4v) is 7.33. The Morgan fingerprint density at radius 3 is 1.61 bits per heavy atom. The lowest BCUT2D eigenvalue weighted by atomic mass is 10.0. The number of benzene rings is 4. The summed E-state index contributed by atoms with van der Waals surface area (Å²) in [7, 11) is 0. The lowest BCUT2D eigenvalue weighted by molar-refractivity contribution is -0.138. The average Bonchev–Trinajstić information content (AvgIpc) is 3.97. The molecule has 0 saturated heterocycles. The van der Waals surface area contributed by atoms with Crippen LogP contribution in [-0.4, -0.2) is 40.3 Å². The van der Waals surface area contributed by atoms with Crippen LogP contribution >= 0.6 is 22.7 Å². The van der Waals surface area contributed by atoms with Crippen molar-refractivity contribution in [3.63, 3.8) is 0 Å². The Morgan fingerprint density at radius 2 is 1.15 bits per heavy atom. The molecule has 0 amide bonds. The average molecular weight is 886 g/mol. The molecule has 0 bridgehead atoms. The third-order valence-electron chi connectivity index (χ3n) is 8.73. The van der Waals surface area contributed by atoms with Crippen LogP contribution in [0.3, 0.4) is 0 Å². The molecule has 4 aromatic carbocycles. The molecule has 322 valence electrons. The normalized spacial score (nSPS) is 12.3. The minimum absolute atomic E-state index is 0. The predicted molar refractivity (Wildman–Crippen MR) is 230 cm³/mol. The number of rotatable bonds is 12. The summed E-state index contributed by atoms with van der Waals surface area (Å²) in [5.41, 5.74) is 20.3. The molecule has 0 saturated carbocycles. The van der Waals surface area contributed by atoms with Crippen molar-refractivity contribution in [2.45, 2.75) is 52.1 Å². The summed E-state index contributed by atoms with van der Waals surface area (Å²) >= 11 is 2.80. The van der Waals surface area contributed by atoms with Crippen LogP contribution < -0.4 is 27.8 Å². The van der Waals surface area contributed by atoms with Crippen molar-refractivity contribution in [3.05, 3.63) is 137 Å². The zero-order valence-corrected chi connectivity index (χ0v) is 32.2. The van der Waals surface area contributed by atoms with E-state index in [0.29, 0.717) is 58.7 Å². The summed E-state index contributed by atoms with van der Waals surface area (Å²) in [6.45, 7) is 7.80. The van der Waals surface area contributed by atoms with E-state index in [1.807, 2.05) is 12.1 Å². The number of halogens is 7. The Bertz CT molecular complexity index is 2530. The molecule has 10 nitrogen and oxygen atoms in total. The largest absolute Gasteiger partial charge is 0.416 e. The number of nitrogens with zero attached hydrogens (tertiary/aromatic N) is 4. The number of nitrogen functional groups attached to an aromatic ring is 1. The number of hydrogen-bond donors (Lipinski definition) is 5. The van der Waals surface area contributed by atoms with Gasteiger partial charge in [0.05, 0.1) is 32.8 Å². The van der Waals surface area contributed by atoms with Gasteiger partial charge in [-0.15, -0.1) is 0 Å². The van der Waals surface area contributed by atoms with E-state index in [1.165, 1.54) is 59.1 Å². The van der Waals surface area contributed by atoms with Gasteiger partial charge in [0, 0.05) is 37.6 Å². The van der Waals surface area contributed by atoms with E-state index in [4.69, 9.17) is 28.3 Å². The monoisotopic (exact) mass is 885 g/mol. The molecule has 0 aliphatic carbocycles. The molecule has 0 fully saturated rings. The Morgan fingerprint density at radius 1 is 0.689 bits per heavy atom. The first-order valence-electron chi connectivity index (χ1n) is 17.6. The quantitative estimate of drug-likeness (QED) is 0.0595.